The number of ether oxygens (including phenoxy) is 2. The summed E-state index contributed by atoms with van der Waals surface area (Å²) >= 11 is 0. The Morgan fingerprint density at radius 2 is 1.74 bits per heavy atom. The lowest BCUT2D eigenvalue weighted by molar-refractivity contribution is -0.118. The van der Waals surface area contributed by atoms with E-state index in [0.29, 0.717) is 42.4 Å². The summed E-state index contributed by atoms with van der Waals surface area (Å²) in [7, 11) is 1.52. The fourth-order valence-corrected chi connectivity index (χ4v) is 2.87. The first kappa shape index (κ1) is 18.9. The first-order chi connectivity index (χ1) is 13.2. The summed E-state index contributed by atoms with van der Waals surface area (Å²) in [6.07, 6.45) is 0. The van der Waals surface area contributed by atoms with Crippen molar-refractivity contribution in [2.75, 3.05) is 50.6 Å². The van der Waals surface area contributed by atoms with Crippen LogP contribution < -0.4 is 15.4 Å². The third-order valence-electron chi connectivity index (χ3n) is 4.23. The van der Waals surface area contributed by atoms with Gasteiger partial charge >= 0.3 is 0 Å². The second kappa shape index (κ2) is 9.16. The maximum absolute atomic E-state index is 12.5. The molecule has 1 aliphatic heterocycles. The predicted octanol–water partition coefficient (Wildman–Crippen LogP) is 2.22. The van der Waals surface area contributed by atoms with Crippen LogP contribution in [0.2, 0.25) is 0 Å². The van der Waals surface area contributed by atoms with Crippen LogP contribution in [0.3, 0.4) is 0 Å². The van der Waals surface area contributed by atoms with E-state index in [9.17, 15) is 9.59 Å². The van der Waals surface area contributed by atoms with Gasteiger partial charge in [0.15, 0.2) is 0 Å². The molecule has 0 radical (unpaired) electrons. The fourth-order valence-electron chi connectivity index (χ4n) is 2.87. The molecule has 1 heterocycles. The molecule has 1 aliphatic rings. The van der Waals surface area contributed by atoms with Gasteiger partial charge in [-0.25, -0.2) is 0 Å². The van der Waals surface area contributed by atoms with E-state index in [1.165, 1.54) is 7.11 Å². The molecule has 27 heavy (non-hydrogen) atoms. The van der Waals surface area contributed by atoms with Crippen LogP contribution in [0.15, 0.2) is 48.5 Å². The van der Waals surface area contributed by atoms with E-state index >= 15 is 0 Å². The van der Waals surface area contributed by atoms with Gasteiger partial charge in [0.25, 0.3) is 5.91 Å². The number of methoxy groups -OCH3 is 1. The zero-order valence-electron chi connectivity index (χ0n) is 15.2. The van der Waals surface area contributed by atoms with E-state index in [2.05, 4.69) is 10.6 Å². The number of morpholine rings is 1. The Hall–Kier alpha value is -2.90. The van der Waals surface area contributed by atoms with Gasteiger partial charge < -0.3 is 20.1 Å². The van der Waals surface area contributed by atoms with E-state index in [0.717, 1.165) is 13.1 Å². The molecule has 0 atom stereocenters. The first-order valence-corrected chi connectivity index (χ1v) is 8.80. The highest BCUT2D eigenvalue weighted by molar-refractivity contribution is 6.06. The monoisotopic (exact) mass is 369 g/mol. The zero-order chi connectivity index (χ0) is 19.1. The molecule has 2 amide bonds. The smallest absolute Gasteiger partial charge is 0.259 e. The molecule has 7 nitrogen and oxygen atoms in total. The second-order valence-electron chi connectivity index (χ2n) is 6.17. The van der Waals surface area contributed by atoms with Crippen LogP contribution in [0.5, 0.6) is 5.75 Å². The lowest BCUT2D eigenvalue weighted by Gasteiger charge is -2.25. The van der Waals surface area contributed by atoms with Gasteiger partial charge in [-0.2, -0.15) is 0 Å². The molecule has 142 valence electrons. The van der Waals surface area contributed by atoms with Crippen molar-refractivity contribution < 1.29 is 19.1 Å². The van der Waals surface area contributed by atoms with Crippen LogP contribution >= 0.6 is 0 Å². The number of hydrogen-bond acceptors (Lipinski definition) is 5. The Kier molecular flexibility index (Phi) is 6.40. The lowest BCUT2D eigenvalue weighted by atomic mass is 10.2. The third kappa shape index (κ3) is 5.29. The van der Waals surface area contributed by atoms with Crippen molar-refractivity contribution in [1.82, 2.24) is 4.90 Å². The Balaban J connectivity index is 1.61. The molecule has 1 fully saturated rings. The maximum atomic E-state index is 12.5. The molecule has 3 rings (SSSR count). The summed E-state index contributed by atoms with van der Waals surface area (Å²) in [4.78, 5) is 26.8. The SMILES string of the molecule is COc1ccccc1C(=O)Nc1cccc(NC(=O)CN2CCOCC2)c1. The molecule has 2 aromatic rings. The Bertz CT molecular complexity index is 803. The van der Waals surface area contributed by atoms with E-state index in [1.54, 1.807) is 48.5 Å². The number of nitrogens with one attached hydrogen (secondary N) is 2. The van der Waals surface area contributed by atoms with E-state index in [-0.39, 0.29) is 11.8 Å². The highest BCUT2D eigenvalue weighted by atomic mass is 16.5. The van der Waals surface area contributed by atoms with Crippen LogP contribution in [-0.4, -0.2) is 56.7 Å². The number of para-hydroxylation sites is 1. The molecule has 0 bridgehead atoms. The lowest BCUT2D eigenvalue weighted by Crippen LogP contribution is -2.41. The molecule has 1 saturated heterocycles. The van der Waals surface area contributed by atoms with E-state index in [4.69, 9.17) is 9.47 Å². The summed E-state index contributed by atoms with van der Waals surface area (Å²) in [5.41, 5.74) is 1.67. The number of carbonyl (C=O) groups is 2. The van der Waals surface area contributed by atoms with Gasteiger partial charge in [0.2, 0.25) is 5.91 Å². The molecule has 0 aliphatic carbocycles. The summed E-state index contributed by atoms with van der Waals surface area (Å²) in [5.74, 6) is 0.138. The van der Waals surface area contributed by atoms with Gasteiger partial charge in [0, 0.05) is 24.5 Å². The Labute approximate surface area is 158 Å². The van der Waals surface area contributed by atoms with Crippen LogP contribution in [-0.2, 0) is 9.53 Å². The van der Waals surface area contributed by atoms with Gasteiger partial charge in [-0.15, -0.1) is 0 Å². The molecule has 0 saturated carbocycles. The number of hydrogen-bond donors (Lipinski definition) is 2. The number of amides is 2. The topological polar surface area (TPSA) is 79.9 Å². The Morgan fingerprint density at radius 1 is 1.04 bits per heavy atom. The summed E-state index contributed by atoms with van der Waals surface area (Å²) < 4.78 is 10.5. The standard InChI is InChI=1S/C20H23N3O4/c1-26-18-8-3-2-7-17(18)20(25)22-16-6-4-5-15(13-16)21-19(24)14-23-9-11-27-12-10-23/h2-8,13H,9-12,14H2,1H3,(H,21,24)(H,22,25). The van der Waals surface area contributed by atoms with Crippen molar-refractivity contribution in [3.8, 4) is 5.75 Å². The van der Waals surface area contributed by atoms with Gasteiger partial charge in [0.1, 0.15) is 5.75 Å². The molecule has 0 aromatic heterocycles. The van der Waals surface area contributed by atoms with E-state index in [1.807, 2.05) is 4.90 Å². The minimum Gasteiger partial charge on any atom is -0.496 e. The second-order valence-corrected chi connectivity index (χ2v) is 6.17. The molecule has 0 spiro atoms. The van der Waals surface area contributed by atoms with Gasteiger partial charge in [-0.3, -0.25) is 14.5 Å². The van der Waals surface area contributed by atoms with Crippen LogP contribution in [0, 0.1) is 0 Å². The van der Waals surface area contributed by atoms with Crippen LogP contribution in [0.25, 0.3) is 0 Å². The predicted molar refractivity (Wildman–Crippen MR) is 103 cm³/mol. The maximum Gasteiger partial charge on any atom is 0.259 e. The van der Waals surface area contributed by atoms with Crippen molar-refractivity contribution in [2.24, 2.45) is 0 Å². The van der Waals surface area contributed by atoms with E-state index < -0.39 is 0 Å². The molecule has 2 aromatic carbocycles. The highest BCUT2D eigenvalue weighted by Crippen LogP contribution is 2.20. The average molecular weight is 369 g/mol. The largest absolute Gasteiger partial charge is 0.496 e. The fraction of sp³-hybridized carbons (Fsp3) is 0.300. The molecule has 2 N–H and O–H groups in total. The molecule has 0 unspecified atom stereocenters. The minimum atomic E-state index is -0.274. The minimum absolute atomic E-state index is 0.0925. The van der Waals surface area contributed by atoms with Gasteiger partial charge in [-0.1, -0.05) is 18.2 Å². The van der Waals surface area contributed by atoms with Crippen molar-refractivity contribution >= 4 is 23.2 Å². The number of nitrogens with zero attached hydrogens (tertiary/aromatic N) is 1. The van der Waals surface area contributed by atoms with Gasteiger partial charge in [0.05, 0.1) is 32.4 Å². The average Bonchev–Trinajstić information content (AvgIpc) is 2.69. The molecule has 7 heteroatoms. The third-order valence-corrected chi connectivity index (χ3v) is 4.23. The Morgan fingerprint density at radius 3 is 2.48 bits per heavy atom. The quantitative estimate of drug-likeness (QED) is 0.816. The summed E-state index contributed by atoms with van der Waals surface area (Å²) in [6.45, 7) is 3.13. The van der Waals surface area contributed by atoms with Crippen LogP contribution in [0.1, 0.15) is 10.4 Å². The first-order valence-electron chi connectivity index (χ1n) is 8.80. The molecular weight excluding hydrogens is 346 g/mol. The molecular formula is C20H23N3O4. The number of anilines is 2. The number of rotatable bonds is 6. The summed E-state index contributed by atoms with van der Waals surface area (Å²) in [5, 5.41) is 5.70. The van der Waals surface area contributed by atoms with Crippen molar-refractivity contribution in [3.05, 3.63) is 54.1 Å². The van der Waals surface area contributed by atoms with Gasteiger partial charge in [-0.05, 0) is 30.3 Å². The number of benzene rings is 2. The normalized spacial score (nSPS) is 14.4. The highest BCUT2D eigenvalue weighted by Gasteiger charge is 2.15. The zero-order valence-corrected chi connectivity index (χ0v) is 15.2. The summed E-state index contributed by atoms with van der Waals surface area (Å²) in [6, 6.07) is 14.1. The number of carbonyl (C=O) groups excluding carboxylic acids is 2. The van der Waals surface area contributed by atoms with Crippen LogP contribution in [0.4, 0.5) is 11.4 Å². The van der Waals surface area contributed by atoms with Crippen molar-refractivity contribution in [3.63, 3.8) is 0 Å². The van der Waals surface area contributed by atoms with Crippen molar-refractivity contribution in [1.29, 1.82) is 0 Å². The van der Waals surface area contributed by atoms with Crippen molar-refractivity contribution in [2.45, 2.75) is 0 Å².